The highest BCUT2D eigenvalue weighted by Crippen LogP contribution is 2.34. The number of fused-ring (bicyclic) bond motifs is 2. The average Bonchev–Trinajstić information content (AvgIpc) is 3.06. The van der Waals surface area contributed by atoms with E-state index in [2.05, 4.69) is 0 Å². The Balaban J connectivity index is 1.56. The van der Waals surface area contributed by atoms with Crippen LogP contribution in [0, 0.1) is 0 Å². The summed E-state index contributed by atoms with van der Waals surface area (Å²) in [6, 6.07) is 11.6. The topological polar surface area (TPSA) is 59.1 Å². The number of rotatable bonds is 2. The second kappa shape index (κ2) is 7.19. The molecule has 0 aliphatic carbocycles. The molecule has 146 valence electrons. The maximum absolute atomic E-state index is 13.0. The molecule has 0 saturated carbocycles. The monoisotopic (exact) mass is 380 g/mol. The number of nitrogens with zero attached hydrogens (tertiary/aromatic N) is 2. The molecule has 0 aromatic heterocycles. The van der Waals surface area contributed by atoms with Crippen LogP contribution in [0.1, 0.15) is 23.6 Å². The fourth-order valence-electron chi connectivity index (χ4n) is 4.17. The Morgan fingerprint density at radius 1 is 0.964 bits per heavy atom. The Bertz CT molecular complexity index is 940. The fourth-order valence-corrected chi connectivity index (χ4v) is 4.17. The lowest BCUT2D eigenvalue weighted by molar-refractivity contribution is -0.145. The zero-order chi connectivity index (χ0) is 19.8. The first-order chi connectivity index (χ1) is 13.5. The number of benzene rings is 2. The standard InChI is InChI=1S/C22H24N2O4/c1-14-10-16-6-4-5-7-18(16)24(14)22(26)21(25)23-9-8-15-11-19(27-2)20(28-3)12-17(15)13-23/h4-7,11-12,14H,8-10,13H2,1-3H3. The first-order valence-corrected chi connectivity index (χ1v) is 9.47. The van der Waals surface area contributed by atoms with E-state index in [1.165, 1.54) is 0 Å². The molecule has 0 bridgehead atoms. The van der Waals surface area contributed by atoms with Crippen molar-refractivity contribution in [3.8, 4) is 11.5 Å². The SMILES string of the molecule is COc1cc2c(cc1OC)CN(C(=O)C(=O)N1c3ccccc3CC1C)CC2. The van der Waals surface area contributed by atoms with Crippen LogP contribution in [-0.2, 0) is 29.0 Å². The third-order valence-corrected chi connectivity index (χ3v) is 5.61. The van der Waals surface area contributed by atoms with Gasteiger partial charge >= 0.3 is 11.8 Å². The Morgan fingerprint density at radius 2 is 1.64 bits per heavy atom. The second-order valence-electron chi connectivity index (χ2n) is 7.31. The minimum Gasteiger partial charge on any atom is -0.493 e. The Morgan fingerprint density at radius 3 is 2.36 bits per heavy atom. The summed E-state index contributed by atoms with van der Waals surface area (Å²) in [7, 11) is 3.20. The van der Waals surface area contributed by atoms with E-state index in [-0.39, 0.29) is 6.04 Å². The third kappa shape index (κ3) is 2.99. The lowest BCUT2D eigenvalue weighted by Crippen LogP contribution is -2.48. The van der Waals surface area contributed by atoms with Crippen LogP contribution in [0.4, 0.5) is 5.69 Å². The molecule has 0 spiro atoms. The molecule has 2 aromatic rings. The van der Waals surface area contributed by atoms with Crippen molar-refractivity contribution >= 4 is 17.5 Å². The van der Waals surface area contributed by atoms with E-state index in [1.807, 2.05) is 43.3 Å². The summed E-state index contributed by atoms with van der Waals surface area (Å²) in [6.07, 6.45) is 1.45. The van der Waals surface area contributed by atoms with Crippen molar-refractivity contribution in [1.29, 1.82) is 0 Å². The molecule has 6 nitrogen and oxygen atoms in total. The molecule has 1 unspecified atom stereocenters. The first kappa shape index (κ1) is 18.3. The van der Waals surface area contributed by atoms with Gasteiger partial charge in [0.25, 0.3) is 0 Å². The van der Waals surface area contributed by atoms with E-state index in [1.54, 1.807) is 24.0 Å². The van der Waals surface area contributed by atoms with E-state index < -0.39 is 11.8 Å². The molecule has 2 aliphatic heterocycles. The van der Waals surface area contributed by atoms with Gasteiger partial charge in [0, 0.05) is 24.8 Å². The van der Waals surface area contributed by atoms with Gasteiger partial charge in [0.05, 0.1) is 14.2 Å². The predicted octanol–water partition coefficient (Wildman–Crippen LogP) is 2.57. The number of hydrogen-bond acceptors (Lipinski definition) is 4. The summed E-state index contributed by atoms with van der Waals surface area (Å²) in [5.74, 6) is 0.397. The van der Waals surface area contributed by atoms with Crippen LogP contribution >= 0.6 is 0 Å². The fraction of sp³-hybridized carbons (Fsp3) is 0.364. The maximum atomic E-state index is 13.0. The summed E-state index contributed by atoms with van der Waals surface area (Å²) in [4.78, 5) is 29.3. The summed E-state index contributed by atoms with van der Waals surface area (Å²) in [6.45, 7) is 2.88. The third-order valence-electron chi connectivity index (χ3n) is 5.61. The van der Waals surface area contributed by atoms with Crippen LogP contribution in [-0.4, -0.2) is 43.5 Å². The molecule has 2 aromatic carbocycles. The van der Waals surface area contributed by atoms with E-state index in [0.717, 1.165) is 28.8 Å². The van der Waals surface area contributed by atoms with Gasteiger partial charge in [0.15, 0.2) is 11.5 Å². The normalized spacial score (nSPS) is 17.8. The summed E-state index contributed by atoms with van der Waals surface area (Å²) >= 11 is 0. The Labute approximate surface area is 164 Å². The van der Waals surface area contributed by atoms with E-state index >= 15 is 0 Å². The van der Waals surface area contributed by atoms with Gasteiger partial charge in [-0.2, -0.15) is 0 Å². The summed E-state index contributed by atoms with van der Waals surface area (Å²) < 4.78 is 10.7. The van der Waals surface area contributed by atoms with Crippen LogP contribution in [0.15, 0.2) is 36.4 Å². The van der Waals surface area contributed by atoms with Crippen LogP contribution in [0.2, 0.25) is 0 Å². The molecule has 0 saturated heterocycles. The molecule has 28 heavy (non-hydrogen) atoms. The highest BCUT2D eigenvalue weighted by atomic mass is 16.5. The molecule has 0 radical (unpaired) electrons. The average molecular weight is 380 g/mol. The molecule has 0 N–H and O–H groups in total. The number of methoxy groups -OCH3 is 2. The lowest BCUT2D eigenvalue weighted by atomic mass is 9.98. The zero-order valence-corrected chi connectivity index (χ0v) is 16.4. The quantitative estimate of drug-likeness (QED) is 0.752. The van der Waals surface area contributed by atoms with Gasteiger partial charge in [-0.25, -0.2) is 0 Å². The zero-order valence-electron chi connectivity index (χ0n) is 16.4. The number of anilines is 1. The molecule has 1 atom stereocenters. The predicted molar refractivity (Wildman–Crippen MR) is 106 cm³/mol. The van der Waals surface area contributed by atoms with Crippen LogP contribution < -0.4 is 14.4 Å². The van der Waals surface area contributed by atoms with Crippen LogP contribution in [0.5, 0.6) is 11.5 Å². The molecule has 2 aliphatic rings. The van der Waals surface area contributed by atoms with Crippen molar-refractivity contribution < 1.29 is 19.1 Å². The lowest BCUT2D eigenvalue weighted by Gasteiger charge is -2.31. The van der Waals surface area contributed by atoms with Crippen molar-refractivity contribution in [2.24, 2.45) is 0 Å². The van der Waals surface area contributed by atoms with Crippen molar-refractivity contribution in [3.63, 3.8) is 0 Å². The Hall–Kier alpha value is -3.02. The number of para-hydroxylation sites is 1. The minimum atomic E-state index is -0.457. The molecule has 0 fully saturated rings. The van der Waals surface area contributed by atoms with Crippen LogP contribution in [0.25, 0.3) is 0 Å². The van der Waals surface area contributed by atoms with Gasteiger partial charge in [0.2, 0.25) is 0 Å². The van der Waals surface area contributed by atoms with E-state index in [0.29, 0.717) is 31.0 Å². The van der Waals surface area contributed by atoms with Gasteiger partial charge in [-0.1, -0.05) is 18.2 Å². The number of carbonyl (C=O) groups excluding carboxylic acids is 2. The number of carbonyl (C=O) groups is 2. The van der Waals surface area contributed by atoms with Crippen molar-refractivity contribution in [2.45, 2.75) is 32.4 Å². The van der Waals surface area contributed by atoms with Gasteiger partial charge in [-0.05, 0) is 54.7 Å². The largest absolute Gasteiger partial charge is 0.493 e. The maximum Gasteiger partial charge on any atom is 0.316 e. The van der Waals surface area contributed by atoms with Gasteiger partial charge in [0.1, 0.15) is 0 Å². The number of hydrogen-bond donors (Lipinski definition) is 0. The minimum absolute atomic E-state index is 0.0183. The van der Waals surface area contributed by atoms with Gasteiger partial charge in [-0.15, -0.1) is 0 Å². The number of ether oxygens (including phenoxy) is 2. The molecule has 6 heteroatoms. The highest BCUT2D eigenvalue weighted by Gasteiger charge is 2.37. The van der Waals surface area contributed by atoms with Crippen molar-refractivity contribution in [2.75, 3.05) is 25.7 Å². The summed E-state index contributed by atoms with van der Waals surface area (Å²) in [5.41, 5.74) is 4.06. The molecule has 2 heterocycles. The molecule has 2 amide bonds. The highest BCUT2D eigenvalue weighted by molar-refractivity contribution is 6.40. The molecular weight excluding hydrogens is 356 g/mol. The second-order valence-corrected chi connectivity index (χ2v) is 7.31. The van der Waals surface area contributed by atoms with Gasteiger partial charge in [-0.3, -0.25) is 9.59 Å². The van der Waals surface area contributed by atoms with Crippen molar-refractivity contribution in [1.82, 2.24) is 4.90 Å². The summed E-state index contributed by atoms with van der Waals surface area (Å²) in [5, 5.41) is 0. The smallest absolute Gasteiger partial charge is 0.316 e. The first-order valence-electron chi connectivity index (χ1n) is 9.47. The van der Waals surface area contributed by atoms with Crippen LogP contribution in [0.3, 0.4) is 0 Å². The van der Waals surface area contributed by atoms with Crippen molar-refractivity contribution in [3.05, 3.63) is 53.1 Å². The molecular formula is C22H24N2O4. The van der Waals surface area contributed by atoms with E-state index in [9.17, 15) is 9.59 Å². The van der Waals surface area contributed by atoms with E-state index in [4.69, 9.17) is 9.47 Å². The Kier molecular flexibility index (Phi) is 4.71. The molecule has 4 rings (SSSR count). The van der Waals surface area contributed by atoms with Gasteiger partial charge < -0.3 is 19.3 Å². The number of amides is 2.